The molecule has 0 radical (unpaired) electrons. The third kappa shape index (κ3) is 5.57. The quantitative estimate of drug-likeness (QED) is 0.390. The Hall–Kier alpha value is -4.00. The van der Waals surface area contributed by atoms with E-state index in [0.29, 0.717) is 31.7 Å². The summed E-state index contributed by atoms with van der Waals surface area (Å²) in [5, 5.41) is 19.1. The number of aromatic nitrogens is 4. The molecule has 0 unspecified atom stereocenters. The normalized spacial score (nSPS) is 13.3. The molecule has 1 aromatic carbocycles. The number of ether oxygens (including phenoxy) is 3. The number of hydrogen-bond acceptors (Lipinski definition) is 9. The molecule has 0 bridgehead atoms. The van der Waals surface area contributed by atoms with Crippen molar-refractivity contribution in [1.29, 1.82) is 0 Å². The highest BCUT2D eigenvalue weighted by Gasteiger charge is 2.28. The largest absolute Gasteiger partial charge is 0.494 e. The molecule has 1 amide bonds. The fourth-order valence-corrected chi connectivity index (χ4v) is 3.40. The van der Waals surface area contributed by atoms with Crippen LogP contribution in [0.3, 0.4) is 0 Å². The molecule has 0 spiro atoms. The zero-order chi connectivity index (χ0) is 24.9. The summed E-state index contributed by atoms with van der Waals surface area (Å²) in [7, 11) is 2.53. The number of aryl methyl sites for hydroxylation is 1. The van der Waals surface area contributed by atoms with E-state index in [0.717, 1.165) is 11.8 Å². The number of rotatable bonds is 10. The summed E-state index contributed by atoms with van der Waals surface area (Å²) in [6.45, 7) is 0.325. The molecule has 3 aromatic rings. The molecule has 0 aliphatic carbocycles. The molecule has 13 heteroatoms. The van der Waals surface area contributed by atoms with Gasteiger partial charge in [-0.1, -0.05) is 0 Å². The number of anilines is 2. The number of H-pyrrole nitrogens is 1. The molecule has 35 heavy (non-hydrogen) atoms. The second kappa shape index (κ2) is 10.5. The van der Waals surface area contributed by atoms with Gasteiger partial charge >= 0.3 is 0 Å². The highest BCUT2D eigenvalue weighted by Crippen LogP contribution is 2.32. The Morgan fingerprint density at radius 1 is 1.17 bits per heavy atom. The lowest BCUT2D eigenvalue weighted by molar-refractivity contribution is -0.141. The van der Waals surface area contributed by atoms with Crippen molar-refractivity contribution in [2.75, 3.05) is 32.6 Å². The number of carbonyl (C=O) groups is 1. The van der Waals surface area contributed by atoms with E-state index in [2.05, 4.69) is 25.5 Å². The van der Waals surface area contributed by atoms with Crippen molar-refractivity contribution in [3.05, 3.63) is 47.4 Å². The van der Waals surface area contributed by atoms with Gasteiger partial charge in [-0.15, -0.1) is 0 Å². The van der Waals surface area contributed by atoms with E-state index in [1.807, 2.05) is 0 Å². The van der Waals surface area contributed by atoms with E-state index in [-0.39, 0.29) is 34.7 Å². The lowest BCUT2D eigenvalue weighted by Crippen LogP contribution is -2.53. The second-order valence-electron chi connectivity index (χ2n) is 7.77. The van der Waals surface area contributed by atoms with Gasteiger partial charge in [0.15, 0.2) is 34.7 Å². The number of β-amino-alcohol motifs (C(OH)–C–C–N with tert-alkyl or cyclic N) is 1. The first kappa shape index (κ1) is 24.1. The minimum atomic E-state index is -0.886. The lowest BCUT2D eigenvalue weighted by Gasteiger charge is -2.35. The molecule has 0 atom stereocenters. The molecule has 1 aliphatic heterocycles. The summed E-state index contributed by atoms with van der Waals surface area (Å²) < 4.78 is 44.2. The molecule has 11 nitrogen and oxygen atoms in total. The summed E-state index contributed by atoms with van der Waals surface area (Å²) in [6.07, 6.45) is 3.03. The van der Waals surface area contributed by atoms with Crippen molar-refractivity contribution < 1.29 is 32.9 Å². The number of aliphatic hydroxyl groups is 1. The van der Waals surface area contributed by atoms with Gasteiger partial charge in [-0.05, 0) is 6.42 Å². The molecule has 4 rings (SSSR count). The van der Waals surface area contributed by atoms with Crippen molar-refractivity contribution in [3.63, 3.8) is 0 Å². The van der Waals surface area contributed by atoms with Gasteiger partial charge in [0.25, 0.3) is 0 Å². The third-order valence-electron chi connectivity index (χ3n) is 5.37. The maximum absolute atomic E-state index is 14.5. The van der Waals surface area contributed by atoms with E-state index in [4.69, 9.17) is 14.2 Å². The number of hydrogen-bond donors (Lipinski definition) is 3. The Bertz CT molecular complexity index is 1160. The molecular weight excluding hydrogens is 466 g/mol. The number of likely N-dealkylation sites (tertiary alicyclic amines) is 1. The Balaban J connectivity index is 1.31. The highest BCUT2D eigenvalue weighted by molar-refractivity contribution is 5.77. The molecule has 1 aliphatic rings. The summed E-state index contributed by atoms with van der Waals surface area (Å²) >= 11 is 0. The Kier molecular flexibility index (Phi) is 7.25. The van der Waals surface area contributed by atoms with Gasteiger partial charge in [-0.25, -0.2) is 18.7 Å². The van der Waals surface area contributed by atoms with E-state index < -0.39 is 24.3 Å². The number of aromatic amines is 1. The highest BCUT2D eigenvalue weighted by atomic mass is 19.1. The molecular formula is C22H24F2N6O5. The van der Waals surface area contributed by atoms with Gasteiger partial charge in [-0.2, -0.15) is 5.10 Å². The number of halogens is 2. The van der Waals surface area contributed by atoms with Crippen LogP contribution in [0, 0.1) is 11.6 Å². The van der Waals surface area contributed by atoms with Gasteiger partial charge in [0.2, 0.25) is 11.9 Å². The van der Waals surface area contributed by atoms with Crippen LogP contribution in [0.25, 0.3) is 0 Å². The summed E-state index contributed by atoms with van der Waals surface area (Å²) in [6, 6.07) is 2.85. The SMILES string of the molecule is COc1cc(OC)c(F)c(COc2cnc(Nc3cc(CCC(=O)N4CC(O)C4)[nH]n3)nc2)c1F. The average molecular weight is 490 g/mol. The third-order valence-corrected chi connectivity index (χ3v) is 5.37. The van der Waals surface area contributed by atoms with Crippen LogP contribution in [0.2, 0.25) is 0 Å². The first-order chi connectivity index (χ1) is 16.9. The van der Waals surface area contributed by atoms with E-state index in [9.17, 15) is 18.7 Å². The molecule has 3 N–H and O–H groups in total. The Labute approximate surface area is 199 Å². The van der Waals surface area contributed by atoms with Crippen molar-refractivity contribution >= 4 is 17.7 Å². The topological polar surface area (TPSA) is 135 Å². The summed E-state index contributed by atoms with van der Waals surface area (Å²) in [5.41, 5.74) is 0.399. The molecule has 0 saturated carbocycles. The van der Waals surface area contributed by atoms with Crippen molar-refractivity contribution in [3.8, 4) is 17.2 Å². The fourth-order valence-electron chi connectivity index (χ4n) is 3.40. The standard InChI is InChI=1S/C22H24F2N6O5/c1-33-16-6-17(34-2)21(24)15(20(16)23)11-35-14-7-25-22(26-8-14)27-18-5-12(28-29-18)3-4-19(32)30-9-13(31)10-30/h5-8,13,31H,3-4,9-11H2,1-2H3,(H2,25,26,27,28,29). The smallest absolute Gasteiger partial charge is 0.228 e. The van der Waals surface area contributed by atoms with Crippen molar-refractivity contribution in [2.24, 2.45) is 0 Å². The van der Waals surface area contributed by atoms with Crippen molar-refractivity contribution in [1.82, 2.24) is 25.1 Å². The van der Waals surface area contributed by atoms with Gasteiger partial charge in [0, 0.05) is 37.3 Å². The number of nitrogens with zero attached hydrogens (tertiary/aromatic N) is 4. The molecule has 1 saturated heterocycles. The first-order valence-electron chi connectivity index (χ1n) is 10.7. The van der Waals surface area contributed by atoms with Crippen molar-refractivity contribution in [2.45, 2.75) is 25.6 Å². The number of carbonyl (C=O) groups excluding carboxylic acids is 1. The van der Waals surface area contributed by atoms with Crippen LogP contribution in [0.4, 0.5) is 20.5 Å². The van der Waals surface area contributed by atoms with Gasteiger partial charge in [-0.3, -0.25) is 9.89 Å². The van der Waals surface area contributed by atoms with Gasteiger partial charge < -0.3 is 29.5 Å². The Morgan fingerprint density at radius 2 is 1.83 bits per heavy atom. The zero-order valence-electron chi connectivity index (χ0n) is 19.0. The number of methoxy groups -OCH3 is 2. The van der Waals surface area contributed by atoms with Crippen LogP contribution >= 0.6 is 0 Å². The summed E-state index contributed by atoms with van der Waals surface area (Å²) in [5.74, 6) is -1.26. The number of aliphatic hydroxyl groups excluding tert-OH is 1. The predicted molar refractivity (Wildman–Crippen MR) is 119 cm³/mol. The molecule has 1 fully saturated rings. The Morgan fingerprint density at radius 3 is 2.43 bits per heavy atom. The fraction of sp³-hybridized carbons (Fsp3) is 0.364. The van der Waals surface area contributed by atoms with E-state index in [1.54, 1.807) is 11.0 Å². The predicted octanol–water partition coefficient (Wildman–Crippen LogP) is 1.95. The van der Waals surface area contributed by atoms with Crippen LogP contribution in [0.1, 0.15) is 17.7 Å². The minimum absolute atomic E-state index is 0.0227. The average Bonchev–Trinajstić information content (AvgIpc) is 3.29. The summed E-state index contributed by atoms with van der Waals surface area (Å²) in [4.78, 5) is 21.8. The van der Waals surface area contributed by atoms with Gasteiger partial charge in [0.1, 0.15) is 6.61 Å². The van der Waals surface area contributed by atoms with Crippen LogP contribution < -0.4 is 19.5 Å². The number of nitrogens with one attached hydrogen (secondary N) is 2. The van der Waals surface area contributed by atoms with Crippen LogP contribution in [0.15, 0.2) is 24.5 Å². The minimum Gasteiger partial charge on any atom is -0.494 e. The zero-order valence-corrected chi connectivity index (χ0v) is 19.0. The molecule has 3 heterocycles. The number of benzene rings is 1. The monoisotopic (exact) mass is 490 g/mol. The second-order valence-corrected chi connectivity index (χ2v) is 7.77. The maximum atomic E-state index is 14.5. The van der Waals surface area contributed by atoms with E-state index in [1.165, 1.54) is 26.6 Å². The first-order valence-corrected chi connectivity index (χ1v) is 10.7. The molecule has 186 valence electrons. The maximum Gasteiger partial charge on any atom is 0.228 e. The van der Waals surface area contributed by atoms with Crippen LogP contribution in [-0.4, -0.2) is 69.5 Å². The molecule has 2 aromatic heterocycles. The number of amides is 1. The van der Waals surface area contributed by atoms with Gasteiger partial charge in [0.05, 0.1) is 38.3 Å². The van der Waals surface area contributed by atoms with E-state index >= 15 is 0 Å². The van der Waals surface area contributed by atoms with Crippen LogP contribution in [-0.2, 0) is 17.8 Å². The van der Waals surface area contributed by atoms with Crippen LogP contribution in [0.5, 0.6) is 17.2 Å². The lowest BCUT2D eigenvalue weighted by atomic mass is 10.1.